The van der Waals surface area contributed by atoms with E-state index in [4.69, 9.17) is 18.9 Å². The Hall–Kier alpha value is -6.15. The number of imide groups is 1. The van der Waals surface area contributed by atoms with Gasteiger partial charge in [0.2, 0.25) is 25.4 Å². The Kier molecular flexibility index (Phi) is 6.08. The van der Waals surface area contributed by atoms with Crippen molar-refractivity contribution in [1.82, 2.24) is 0 Å². The summed E-state index contributed by atoms with van der Waals surface area (Å²) in [5.41, 5.74) is 3.25. The summed E-state index contributed by atoms with van der Waals surface area (Å²) in [4.78, 5) is 48.2. The molecule has 1 saturated carbocycles. The minimum atomic E-state index is -1.55. The van der Waals surface area contributed by atoms with Crippen molar-refractivity contribution in [3.8, 4) is 23.0 Å². The van der Waals surface area contributed by atoms with Crippen LogP contribution in [0.25, 0.3) is 11.1 Å². The third-order valence-electron chi connectivity index (χ3n) is 11.4. The maximum atomic E-state index is 16.2. The number of nitrogens with zero attached hydrogens (tertiary/aromatic N) is 1. The summed E-state index contributed by atoms with van der Waals surface area (Å²) in [5, 5.41) is 0. The number of ether oxygens (including phenoxy) is 4. The molecule has 0 unspecified atom stereocenters. The fourth-order valence-electron chi connectivity index (χ4n) is 9.52. The second kappa shape index (κ2) is 10.4. The molecule has 1 saturated heterocycles. The Labute approximate surface area is 293 Å². The Bertz CT molecular complexity index is 2250. The zero-order chi connectivity index (χ0) is 34.6. The molecule has 3 aliphatic heterocycles. The van der Waals surface area contributed by atoms with Crippen LogP contribution in [-0.4, -0.2) is 31.2 Å². The van der Waals surface area contributed by atoms with Crippen molar-refractivity contribution in [2.75, 3.05) is 18.5 Å². The number of hydrogen-bond donors (Lipinski definition) is 0. The van der Waals surface area contributed by atoms with Gasteiger partial charge in [-0.15, -0.1) is 0 Å². The summed E-state index contributed by atoms with van der Waals surface area (Å²) in [7, 11) is 0. The Morgan fingerprint density at radius 1 is 0.549 bits per heavy atom. The Balaban J connectivity index is 1.37. The van der Waals surface area contributed by atoms with Crippen molar-refractivity contribution in [3.05, 3.63) is 149 Å². The normalized spacial score (nSPS) is 25.3. The maximum Gasteiger partial charge on any atom is 0.239 e. The van der Waals surface area contributed by atoms with E-state index in [9.17, 15) is 0 Å². The molecule has 10 rings (SSSR count). The number of rotatable bonds is 5. The first kappa shape index (κ1) is 29.7. The van der Waals surface area contributed by atoms with Crippen LogP contribution in [0.1, 0.15) is 33.4 Å². The predicted molar refractivity (Wildman–Crippen MR) is 189 cm³/mol. The first-order chi connectivity index (χ1) is 24.9. The van der Waals surface area contributed by atoms with Crippen LogP contribution in [0.3, 0.4) is 0 Å². The van der Waals surface area contributed by atoms with Gasteiger partial charge in [-0.25, -0.2) is 4.90 Å². The molecule has 5 aromatic carbocycles. The average molecular weight is 674 g/mol. The standard InChI is InChI=1S/C43H31NO7/c1-24-13-16-30(25(2)19-24)44-39(45)37-38(40(44)46)43(29-11-7-4-8-12-29)36(27-15-18-32-34(21-27)51-23-49-32)35(26-14-17-31-33(20-26)50-22-48-31)42(37,41(43)47)28-9-5-3-6-10-28/h3-21,37-38H,22-23H2,1-2H3/t37-,38+,42-,43-/m0/s1. The Morgan fingerprint density at radius 2 is 1.02 bits per heavy atom. The molecule has 2 aliphatic carbocycles. The number of aryl methyl sites for hydroxylation is 2. The van der Waals surface area contributed by atoms with Gasteiger partial charge in [0.1, 0.15) is 0 Å². The fraction of sp³-hybridized carbons (Fsp3) is 0.186. The van der Waals surface area contributed by atoms with E-state index in [-0.39, 0.29) is 19.4 Å². The maximum absolute atomic E-state index is 16.2. The van der Waals surface area contributed by atoms with Crippen LogP contribution >= 0.6 is 0 Å². The summed E-state index contributed by atoms with van der Waals surface area (Å²) in [6.45, 7) is 4.04. The lowest BCUT2D eigenvalue weighted by Gasteiger charge is -2.39. The van der Waals surface area contributed by atoms with Gasteiger partial charge in [0.15, 0.2) is 28.8 Å². The van der Waals surface area contributed by atoms with E-state index in [0.29, 0.717) is 62.1 Å². The number of allylic oxidation sites excluding steroid dienone is 2. The number of benzene rings is 5. The minimum Gasteiger partial charge on any atom is -0.454 e. The molecule has 2 bridgehead atoms. The van der Waals surface area contributed by atoms with E-state index in [1.165, 1.54) is 4.90 Å². The van der Waals surface area contributed by atoms with Gasteiger partial charge >= 0.3 is 0 Å². The number of amides is 2. The quantitative estimate of drug-likeness (QED) is 0.187. The zero-order valence-electron chi connectivity index (χ0n) is 27.8. The van der Waals surface area contributed by atoms with Crippen LogP contribution in [-0.2, 0) is 25.2 Å². The molecule has 0 radical (unpaired) electrons. The van der Waals surface area contributed by atoms with Crippen LogP contribution in [0.5, 0.6) is 23.0 Å². The van der Waals surface area contributed by atoms with Crippen molar-refractivity contribution in [3.63, 3.8) is 0 Å². The second-order valence-electron chi connectivity index (χ2n) is 13.8. The summed E-state index contributed by atoms with van der Waals surface area (Å²) < 4.78 is 23.2. The topological polar surface area (TPSA) is 91.4 Å². The summed E-state index contributed by atoms with van der Waals surface area (Å²) in [6.07, 6.45) is 0. The molecule has 2 fully saturated rings. The highest BCUT2D eigenvalue weighted by atomic mass is 16.7. The predicted octanol–water partition coefficient (Wildman–Crippen LogP) is 6.95. The number of ketones is 1. The molecule has 4 atom stereocenters. The average Bonchev–Trinajstić information content (AvgIpc) is 3.96. The molecular formula is C43H31NO7. The molecule has 5 aromatic rings. The Morgan fingerprint density at radius 3 is 1.49 bits per heavy atom. The first-order valence-electron chi connectivity index (χ1n) is 17.0. The number of Topliss-reactive ketones (excluding diaryl/α,β-unsaturated/α-hetero) is 1. The molecule has 0 aromatic heterocycles. The van der Waals surface area contributed by atoms with Gasteiger partial charge in [-0.2, -0.15) is 0 Å². The van der Waals surface area contributed by atoms with Crippen molar-refractivity contribution >= 4 is 34.4 Å². The van der Waals surface area contributed by atoms with Crippen molar-refractivity contribution in [2.24, 2.45) is 11.8 Å². The van der Waals surface area contributed by atoms with Gasteiger partial charge in [0.25, 0.3) is 0 Å². The fourth-order valence-corrected chi connectivity index (χ4v) is 9.52. The highest BCUT2D eigenvalue weighted by molar-refractivity contribution is 6.39. The first-order valence-corrected chi connectivity index (χ1v) is 17.0. The number of hydrogen-bond acceptors (Lipinski definition) is 7. The van der Waals surface area contributed by atoms with E-state index in [1.807, 2.05) is 129 Å². The smallest absolute Gasteiger partial charge is 0.239 e. The van der Waals surface area contributed by atoms with Gasteiger partial charge in [-0.1, -0.05) is 90.5 Å². The number of carbonyl (C=O) groups is 3. The highest BCUT2D eigenvalue weighted by Gasteiger charge is 2.83. The summed E-state index contributed by atoms with van der Waals surface area (Å²) >= 11 is 0. The molecule has 250 valence electrons. The lowest BCUT2D eigenvalue weighted by atomic mass is 9.59. The lowest BCUT2D eigenvalue weighted by Crippen LogP contribution is -2.45. The van der Waals surface area contributed by atoms with Gasteiger partial charge in [0.05, 0.1) is 28.4 Å². The van der Waals surface area contributed by atoms with E-state index in [2.05, 4.69) is 0 Å². The van der Waals surface area contributed by atoms with Gasteiger partial charge < -0.3 is 18.9 Å². The van der Waals surface area contributed by atoms with E-state index in [0.717, 1.165) is 11.1 Å². The minimum absolute atomic E-state index is 0.0755. The van der Waals surface area contributed by atoms with Crippen LogP contribution in [0.15, 0.2) is 115 Å². The van der Waals surface area contributed by atoms with Crippen LogP contribution in [0.2, 0.25) is 0 Å². The van der Waals surface area contributed by atoms with Crippen LogP contribution < -0.4 is 23.8 Å². The molecule has 3 heterocycles. The van der Waals surface area contributed by atoms with Crippen molar-refractivity contribution < 1.29 is 33.3 Å². The molecule has 51 heavy (non-hydrogen) atoms. The zero-order valence-corrected chi connectivity index (χ0v) is 27.8. The third kappa shape index (κ3) is 3.66. The molecular weight excluding hydrogens is 642 g/mol. The van der Waals surface area contributed by atoms with Crippen LogP contribution in [0, 0.1) is 25.7 Å². The van der Waals surface area contributed by atoms with Gasteiger partial charge in [-0.05, 0) is 83.1 Å². The largest absolute Gasteiger partial charge is 0.454 e. The summed E-state index contributed by atoms with van der Waals surface area (Å²) in [5.74, 6) is -0.807. The number of fused-ring (bicyclic) bond motifs is 7. The molecule has 2 amide bonds. The van der Waals surface area contributed by atoms with E-state index < -0.39 is 34.5 Å². The van der Waals surface area contributed by atoms with E-state index in [1.54, 1.807) is 0 Å². The van der Waals surface area contributed by atoms with Crippen molar-refractivity contribution in [2.45, 2.75) is 24.7 Å². The van der Waals surface area contributed by atoms with Crippen molar-refractivity contribution in [1.29, 1.82) is 0 Å². The molecule has 5 aliphatic rings. The number of carbonyl (C=O) groups excluding carboxylic acids is 3. The summed E-state index contributed by atoms with van der Waals surface area (Å²) in [6, 6.07) is 36.0. The molecule has 0 N–H and O–H groups in total. The van der Waals surface area contributed by atoms with E-state index >= 15 is 14.4 Å². The molecule has 0 spiro atoms. The highest BCUT2D eigenvalue weighted by Crippen LogP contribution is 2.75. The monoisotopic (exact) mass is 673 g/mol. The lowest BCUT2D eigenvalue weighted by molar-refractivity contribution is -0.130. The van der Waals surface area contributed by atoms with Gasteiger partial charge in [0, 0.05) is 0 Å². The SMILES string of the molecule is Cc1ccc(N2C(=O)[C@@H]3[C@H](C2=O)[C@@]2(c4ccccc4)C(=O)[C@@]3(c3ccccc3)C(c3ccc4c(c3)OCO4)=C2c2ccc3c(c2)OCO3)c(C)c1. The van der Waals surface area contributed by atoms with Crippen LogP contribution in [0.4, 0.5) is 5.69 Å². The molecule has 8 nitrogen and oxygen atoms in total. The molecule has 8 heteroatoms. The van der Waals surface area contributed by atoms with Gasteiger partial charge in [-0.3, -0.25) is 14.4 Å². The third-order valence-corrected chi connectivity index (χ3v) is 11.4. The second-order valence-corrected chi connectivity index (χ2v) is 13.8. The number of anilines is 1.